The van der Waals surface area contributed by atoms with Crippen LogP contribution >= 0.6 is 0 Å². The molecule has 0 saturated heterocycles. The average Bonchev–Trinajstić information content (AvgIpc) is 2.47. The standard InChI is InChI=1S/C20H37/c1-3-5-7-9-11-13-15-17-19-20-18-16-14-12-10-8-6-4-2/h3,5-20H2,1H3. The molecule has 0 nitrogen and oxygen atoms in total. The van der Waals surface area contributed by atoms with Gasteiger partial charge < -0.3 is 0 Å². The third-order valence-electron chi connectivity index (χ3n) is 4.16. The molecule has 0 aliphatic carbocycles. The summed E-state index contributed by atoms with van der Waals surface area (Å²) in [6.45, 7) is 2.29. The van der Waals surface area contributed by atoms with Gasteiger partial charge in [-0.05, 0) is 12.8 Å². The number of hydrogen-bond donors (Lipinski definition) is 0. The zero-order chi connectivity index (χ0) is 14.7. The highest BCUT2D eigenvalue weighted by Crippen LogP contribution is 2.13. The zero-order valence-electron chi connectivity index (χ0n) is 14.0. The fourth-order valence-corrected chi connectivity index (χ4v) is 2.76. The van der Waals surface area contributed by atoms with Gasteiger partial charge in [-0.15, -0.1) is 0 Å². The van der Waals surface area contributed by atoms with E-state index in [1.165, 1.54) is 103 Å². The van der Waals surface area contributed by atoms with Crippen molar-refractivity contribution in [3.05, 3.63) is 6.42 Å². The molecule has 0 aliphatic heterocycles. The Morgan fingerprint density at radius 1 is 0.500 bits per heavy atom. The molecule has 0 rings (SSSR count). The molecule has 117 valence electrons. The van der Waals surface area contributed by atoms with Gasteiger partial charge >= 0.3 is 0 Å². The lowest BCUT2D eigenvalue weighted by Gasteiger charge is -2.03. The van der Waals surface area contributed by atoms with E-state index >= 15 is 0 Å². The summed E-state index contributed by atoms with van der Waals surface area (Å²) in [4.78, 5) is 0. The van der Waals surface area contributed by atoms with Crippen LogP contribution in [-0.2, 0) is 0 Å². The van der Waals surface area contributed by atoms with Crippen LogP contribution in [0.2, 0.25) is 0 Å². The SMILES string of the molecule is [C]#CCCCCCCCCCCCCCCCCCC. The Balaban J connectivity index is 2.91. The largest absolute Gasteiger partial charge is 0.0891 e. The van der Waals surface area contributed by atoms with E-state index in [2.05, 4.69) is 12.8 Å². The minimum absolute atomic E-state index is 0.860. The van der Waals surface area contributed by atoms with E-state index < -0.39 is 0 Å². The van der Waals surface area contributed by atoms with Crippen LogP contribution in [-0.4, -0.2) is 0 Å². The summed E-state index contributed by atoms with van der Waals surface area (Å²) in [7, 11) is 0. The Morgan fingerprint density at radius 3 is 1.10 bits per heavy atom. The molecule has 0 spiro atoms. The van der Waals surface area contributed by atoms with Crippen LogP contribution in [0.25, 0.3) is 0 Å². The van der Waals surface area contributed by atoms with Crippen LogP contribution < -0.4 is 0 Å². The maximum Gasteiger partial charge on any atom is 0.00989 e. The second kappa shape index (κ2) is 18.6. The second-order valence-corrected chi connectivity index (χ2v) is 6.23. The molecule has 0 aromatic heterocycles. The first-order valence-corrected chi connectivity index (χ1v) is 9.31. The van der Waals surface area contributed by atoms with Crippen LogP contribution in [0.15, 0.2) is 0 Å². The lowest BCUT2D eigenvalue weighted by Crippen LogP contribution is -1.83. The van der Waals surface area contributed by atoms with E-state index in [-0.39, 0.29) is 0 Å². The van der Waals surface area contributed by atoms with Crippen molar-refractivity contribution in [2.45, 2.75) is 116 Å². The molecular weight excluding hydrogens is 240 g/mol. The van der Waals surface area contributed by atoms with Crippen molar-refractivity contribution < 1.29 is 0 Å². The van der Waals surface area contributed by atoms with E-state index in [1.54, 1.807) is 0 Å². The Labute approximate surface area is 129 Å². The van der Waals surface area contributed by atoms with Gasteiger partial charge in [-0.25, -0.2) is 0 Å². The molecule has 20 heavy (non-hydrogen) atoms. The van der Waals surface area contributed by atoms with Gasteiger partial charge in [0.1, 0.15) is 0 Å². The molecule has 0 fully saturated rings. The third kappa shape index (κ3) is 17.6. The van der Waals surface area contributed by atoms with Crippen LogP contribution in [0.5, 0.6) is 0 Å². The molecule has 0 atom stereocenters. The normalized spacial score (nSPS) is 10.6. The molecule has 0 aromatic rings. The van der Waals surface area contributed by atoms with Crippen molar-refractivity contribution in [3.8, 4) is 5.92 Å². The molecule has 0 saturated carbocycles. The van der Waals surface area contributed by atoms with E-state index in [1.807, 2.05) is 0 Å². The zero-order valence-corrected chi connectivity index (χ0v) is 14.0. The first-order chi connectivity index (χ1) is 9.91. The molecule has 0 amide bonds. The van der Waals surface area contributed by atoms with E-state index in [0.717, 1.165) is 6.42 Å². The monoisotopic (exact) mass is 277 g/mol. The van der Waals surface area contributed by atoms with Gasteiger partial charge in [-0.3, -0.25) is 0 Å². The maximum absolute atomic E-state index is 6.84. The van der Waals surface area contributed by atoms with E-state index in [0.29, 0.717) is 0 Å². The predicted molar refractivity (Wildman–Crippen MR) is 91.3 cm³/mol. The lowest BCUT2D eigenvalue weighted by atomic mass is 10.0. The Kier molecular flexibility index (Phi) is 18.2. The fourth-order valence-electron chi connectivity index (χ4n) is 2.76. The van der Waals surface area contributed by atoms with Crippen molar-refractivity contribution >= 4 is 0 Å². The average molecular weight is 278 g/mol. The van der Waals surface area contributed by atoms with Gasteiger partial charge in [0.25, 0.3) is 0 Å². The molecular formula is C20H37. The highest BCUT2D eigenvalue weighted by atomic mass is 14.0. The molecule has 0 bridgehead atoms. The summed E-state index contributed by atoms with van der Waals surface area (Å²) in [5.74, 6) is 2.47. The molecule has 0 unspecified atom stereocenters. The van der Waals surface area contributed by atoms with Gasteiger partial charge in [0.2, 0.25) is 0 Å². The molecule has 0 N–H and O–H groups in total. The summed E-state index contributed by atoms with van der Waals surface area (Å²) in [6, 6.07) is 0. The van der Waals surface area contributed by atoms with Gasteiger partial charge in [0.15, 0.2) is 0 Å². The fraction of sp³-hybridized carbons (Fsp3) is 0.900. The summed E-state index contributed by atoms with van der Waals surface area (Å²) in [5, 5.41) is 0. The van der Waals surface area contributed by atoms with Crippen molar-refractivity contribution in [2.24, 2.45) is 0 Å². The minimum atomic E-state index is 0.860. The topological polar surface area (TPSA) is 0 Å². The summed E-state index contributed by atoms with van der Waals surface area (Å²) >= 11 is 0. The number of hydrogen-bond acceptors (Lipinski definition) is 0. The van der Waals surface area contributed by atoms with Crippen LogP contribution in [0.4, 0.5) is 0 Å². The highest BCUT2D eigenvalue weighted by molar-refractivity contribution is 4.74. The third-order valence-corrected chi connectivity index (χ3v) is 4.16. The Hall–Kier alpha value is -0.440. The second-order valence-electron chi connectivity index (χ2n) is 6.23. The maximum atomic E-state index is 6.84. The van der Waals surface area contributed by atoms with E-state index in [4.69, 9.17) is 6.42 Å². The quantitative estimate of drug-likeness (QED) is 0.206. The predicted octanol–water partition coefficient (Wildman–Crippen LogP) is 7.23. The summed E-state index contributed by atoms with van der Waals surface area (Å²) < 4.78 is 0. The van der Waals surface area contributed by atoms with Crippen molar-refractivity contribution in [3.63, 3.8) is 0 Å². The lowest BCUT2D eigenvalue weighted by molar-refractivity contribution is 0.530. The molecule has 1 radical (unpaired) electrons. The van der Waals surface area contributed by atoms with Crippen molar-refractivity contribution in [1.82, 2.24) is 0 Å². The first-order valence-electron chi connectivity index (χ1n) is 9.31. The van der Waals surface area contributed by atoms with Crippen molar-refractivity contribution in [1.29, 1.82) is 0 Å². The molecule has 0 aliphatic rings. The van der Waals surface area contributed by atoms with Crippen LogP contribution in [0, 0.1) is 12.3 Å². The molecule has 0 heterocycles. The van der Waals surface area contributed by atoms with Crippen LogP contribution in [0.1, 0.15) is 116 Å². The Morgan fingerprint density at radius 2 is 0.800 bits per heavy atom. The van der Waals surface area contributed by atoms with Gasteiger partial charge in [0, 0.05) is 6.42 Å². The molecule has 0 heteroatoms. The molecule has 0 aromatic carbocycles. The number of unbranched alkanes of at least 4 members (excludes halogenated alkanes) is 16. The van der Waals surface area contributed by atoms with Gasteiger partial charge in [0.05, 0.1) is 0 Å². The van der Waals surface area contributed by atoms with Crippen LogP contribution in [0.3, 0.4) is 0 Å². The van der Waals surface area contributed by atoms with Gasteiger partial charge in [-0.2, -0.15) is 0 Å². The van der Waals surface area contributed by atoms with Gasteiger partial charge in [-0.1, -0.05) is 109 Å². The van der Waals surface area contributed by atoms with Crippen molar-refractivity contribution in [2.75, 3.05) is 0 Å². The summed E-state index contributed by atoms with van der Waals surface area (Å²) in [6.07, 6.45) is 30.2. The Bertz CT molecular complexity index is 199. The number of rotatable bonds is 16. The van der Waals surface area contributed by atoms with E-state index in [9.17, 15) is 0 Å². The smallest absolute Gasteiger partial charge is 0.00989 e. The highest BCUT2D eigenvalue weighted by Gasteiger charge is 1.94. The minimum Gasteiger partial charge on any atom is -0.0891 e. The summed E-state index contributed by atoms with van der Waals surface area (Å²) in [5.41, 5.74) is 0. The first kappa shape index (κ1) is 19.6.